The molecule has 1 unspecified atom stereocenters. The van der Waals surface area contributed by atoms with Crippen LogP contribution < -0.4 is 0 Å². The van der Waals surface area contributed by atoms with Crippen LogP contribution in [0.1, 0.15) is 47.5 Å². The van der Waals surface area contributed by atoms with Crippen LogP contribution in [0.5, 0.6) is 0 Å². The predicted molar refractivity (Wildman–Crippen MR) is 60.4 cm³/mol. The zero-order chi connectivity index (χ0) is 10.3. The smallest absolute Gasteiger partial charge is 0.0959 e. The van der Waals surface area contributed by atoms with Crippen LogP contribution in [0, 0.1) is 0 Å². The fourth-order valence-electron chi connectivity index (χ4n) is 1.80. The van der Waals surface area contributed by atoms with Gasteiger partial charge in [0, 0.05) is 19.1 Å². The molecule has 1 rings (SSSR count). The molecule has 0 aromatic heterocycles. The molecule has 2 nitrogen and oxygen atoms in total. The van der Waals surface area contributed by atoms with Gasteiger partial charge in [0.2, 0.25) is 0 Å². The van der Waals surface area contributed by atoms with Gasteiger partial charge in [-0.1, -0.05) is 20.8 Å². The van der Waals surface area contributed by atoms with Crippen LogP contribution in [0.25, 0.3) is 0 Å². The van der Waals surface area contributed by atoms with Crippen LogP contribution in [-0.2, 0) is 0 Å². The molecule has 13 heavy (non-hydrogen) atoms. The molecule has 1 heterocycles. The molecule has 0 aromatic rings. The molecule has 0 spiro atoms. The second-order valence-corrected chi connectivity index (χ2v) is 3.07. The molecule has 0 bridgehead atoms. The highest BCUT2D eigenvalue weighted by atomic mass is 15.2. The second-order valence-electron chi connectivity index (χ2n) is 3.07. The summed E-state index contributed by atoms with van der Waals surface area (Å²) in [5.74, 6) is 1.23. The van der Waals surface area contributed by atoms with E-state index in [0.717, 1.165) is 19.1 Å². The maximum atomic E-state index is 4.42. The molecule has 1 aliphatic heterocycles. The van der Waals surface area contributed by atoms with Crippen molar-refractivity contribution in [2.24, 2.45) is 4.99 Å². The first-order valence-corrected chi connectivity index (χ1v) is 5.57. The molecule has 2 heteroatoms. The van der Waals surface area contributed by atoms with Crippen molar-refractivity contribution in [3.05, 3.63) is 0 Å². The van der Waals surface area contributed by atoms with E-state index in [1.54, 1.807) is 0 Å². The highest BCUT2D eigenvalue weighted by Crippen LogP contribution is 2.13. The van der Waals surface area contributed by atoms with Crippen molar-refractivity contribution < 1.29 is 0 Å². The number of hydrogen-bond acceptors (Lipinski definition) is 2. The normalized spacial score (nSPS) is 21.8. The van der Waals surface area contributed by atoms with Crippen molar-refractivity contribution in [2.45, 2.75) is 53.5 Å². The lowest BCUT2D eigenvalue weighted by Crippen LogP contribution is -2.41. The SMILES string of the molecule is CC.CCC1CCN=C(C)N1CC. The third-order valence-electron chi connectivity index (χ3n) is 2.47. The maximum absolute atomic E-state index is 4.42. The van der Waals surface area contributed by atoms with Gasteiger partial charge in [0.05, 0.1) is 5.84 Å². The Labute approximate surface area is 83.0 Å². The fraction of sp³-hybridized carbons (Fsp3) is 0.909. The molecule has 0 saturated carbocycles. The summed E-state index contributed by atoms with van der Waals surface area (Å²) < 4.78 is 0. The highest BCUT2D eigenvalue weighted by molar-refractivity contribution is 5.80. The van der Waals surface area contributed by atoms with Gasteiger partial charge in [0.25, 0.3) is 0 Å². The zero-order valence-corrected chi connectivity index (χ0v) is 9.80. The van der Waals surface area contributed by atoms with E-state index in [1.165, 1.54) is 18.7 Å². The number of hydrogen-bond donors (Lipinski definition) is 0. The first kappa shape index (κ1) is 12.5. The Kier molecular flexibility index (Phi) is 6.65. The lowest BCUT2D eigenvalue weighted by atomic mass is 10.1. The van der Waals surface area contributed by atoms with Crippen molar-refractivity contribution in [3.63, 3.8) is 0 Å². The first-order chi connectivity index (χ1) is 6.29. The van der Waals surface area contributed by atoms with Crippen LogP contribution in [0.4, 0.5) is 0 Å². The summed E-state index contributed by atoms with van der Waals surface area (Å²) in [7, 11) is 0. The summed E-state index contributed by atoms with van der Waals surface area (Å²) in [5.41, 5.74) is 0. The van der Waals surface area contributed by atoms with E-state index >= 15 is 0 Å². The van der Waals surface area contributed by atoms with E-state index in [1.807, 2.05) is 13.8 Å². The zero-order valence-electron chi connectivity index (χ0n) is 9.80. The second kappa shape index (κ2) is 6.93. The molecule has 0 aromatic carbocycles. The molecular formula is C11H24N2. The van der Waals surface area contributed by atoms with E-state index in [0.29, 0.717) is 0 Å². The Morgan fingerprint density at radius 2 is 2.00 bits per heavy atom. The fourth-order valence-corrected chi connectivity index (χ4v) is 1.80. The average molecular weight is 184 g/mol. The minimum atomic E-state index is 0.748. The van der Waals surface area contributed by atoms with E-state index < -0.39 is 0 Å². The van der Waals surface area contributed by atoms with Gasteiger partial charge in [-0.3, -0.25) is 4.99 Å². The third-order valence-corrected chi connectivity index (χ3v) is 2.47. The van der Waals surface area contributed by atoms with Gasteiger partial charge in [-0.25, -0.2) is 0 Å². The largest absolute Gasteiger partial charge is 0.358 e. The van der Waals surface area contributed by atoms with Crippen molar-refractivity contribution in [2.75, 3.05) is 13.1 Å². The molecule has 0 radical (unpaired) electrons. The third kappa shape index (κ3) is 3.37. The lowest BCUT2D eigenvalue weighted by Gasteiger charge is -2.34. The molecule has 0 saturated heterocycles. The van der Waals surface area contributed by atoms with Crippen LogP contribution >= 0.6 is 0 Å². The first-order valence-electron chi connectivity index (χ1n) is 5.57. The van der Waals surface area contributed by atoms with Gasteiger partial charge in [0.15, 0.2) is 0 Å². The Morgan fingerprint density at radius 3 is 2.38 bits per heavy atom. The summed E-state index contributed by atoms with van der Waals surface area (Å²) in [6, 6.07) is 0.748. The number of nitrogens with zero attached hydrogens (tertiary/aromatic N) is 2. The monoisotopic (exact) mass is 184 g/mol. The Balaban J connectivity index is 0.000000671. The van der Waals surface area contributed by atoms with Gasteiger partial charge in [-0.15, -0.1) is 0 Å². The van der Waals surface area contributed by atoms with Gasteiger partial charge < -0.3 is 4.90 Å². The molecule has 0 N–H and O–H groups in total. The summed E-state index contributed by atoms with van der Waals surface area (Å²) in [5, 5.41) is 0. The lowest BCUT2D eigenvalue weighted by molar-refractivity contribution is 0.285. The Morgan fingerprint density at radius 1 is 1.38 bits per heavy atom. The topological polar surface area (TPSA) is 15.6 Å². The van der Waals surface area contributed by atoms with E-state index in [9.17, 15) is 0 Å². The number of aliphatic imine (C=N–C) groups is 1. The molecular weight excluding hydrogens is 160 g/mol. The van der Waals surface area contributed by atoms with Gasteiger partial charge >= 0.3 is 0 Å². The maximum Gasteiger partial charge on any atom is 0.0959 e. The van der Waals surface area contributed by atoms with Gasteiger partial charge in [0.1, 0.15) is 0 Å². The Hall–Kier alpha value is -0.530. The Bertz CT molecular complexity index is 152. The highest BCUT2D eigenvalue weighted by Gasteiger charge is 2.18. The summed E-state index contributed by atoms with van der Waals surface area (Å²) in [4.78, 5) is 6.83. The summed E-state index contributed by atoms with van der Waals surface area (Å²) in [6.45, 7) is 12.7. The van der Waals surface area contributed by atoms with Crippen LogP contribution in [0.2, 0.25) is 0 Å². The molecule has 0 aliphatic carbocycles. The molecule has 0 amide bonds. The average Bonchev–Trinajstić information content (AvgIpc) is 2.20. The summed E-state index contributed by atoms with van der Waals surface area (Å²) in [6.07, 6.45) is 2.49. The van der Waals surface area contributed by atoms with Gasteiger partial charge in [-0.05, 0) is 26.7 Å². The van der Waals surface area contributed by atoms with E-state index in [-0.39, 0.29) is 0 Å². The van der Waals surface area contributed by atoms with E-state index in [4.69, 9.17) is 0 Å². The van der Waals surface area contributed by atoms with Gasteiger partial charge in [-0.2, -0.15) is 0 Å². The molecule has 0 fully saturated rings. The van der Waals surface area contributed by atoms with Crippen LogP contribution in [0.15, 0.2) is 4.99 Å². The van der Waals surface area contributed by atoms with Crippen molar-refractivity contribution >= 4 is 5.84 Å². The van der Waals surface area contributed by atoms with Crippen LogP contribution in [-0.4, -0.2) is 29.9 Å². The van der Waals surface area contributed by atoms with Crippen molar-refractivity contribution in [1.82, 2.24) is 4.90 Å². The molecule has 1 aliphatic rings. The van der Waals surface area contributed by atoms with E-state index in [2.05, 4.69) is 30.7 Å². The number of rotatable bonds is 2. The number of amidine groups is 1. The standard InChI is InChI=1S/C9H18N2.C2H6/c1-4-9-6-7-10-8(3)11(9)5-2;1-2/h9H,4-7H2,1-3H3;1-2H3. The quantitative estimate of drug-likeness (QED) is 0.644. The van der Waals surface area contributed by atoms with Crippen molar-refractivity contribution in [3.8, 4) is 0 Å². The molecule has 78 valence electrons. The summed E-state index contributed by atoms with van der Waals surface area (Å²) >= 11 is 0. The minimum absolute atomic E-state index is 0.748. The molecule has 1 atom stereocenters. The van der Waals surface area contributed by atoms with Crippen molar-refractivity contribution in [1.29, 1.82) is 0 Å². The predicted octanol–water partition coefficient (Wildman–Crippen LogP) is 2.94. The van der Waals surface area contributed by atoms with Crippen LogP contribution in [0.3, 0.4) is 0 Å². The minimum Gasteiger partial charge on any atom is -0.358 e.